The van der Waals surface area contributed by atoms with Gasteiger partial charge >= 0.3 is 12.4 Å². The molecule has 2 aromatic heterocycles. The molecule has 0 saturated heterocycles. The van der Waals surface area contributed by atoms with Crippen LogP contribution < -0.4 is 4.74 Å². The summed E-state index contributed by atoms with van der Waals surface area (Å²) in [6.45, 7) is 0.908. The lowest BCUT2D eigenvalue weighted by Crippen LogP contribution is -2.10. The Morgan fingerprint density at radius 2 is 1.58 bits per heavy atom. The lowest BCUT2D eigenvalue weighted by atomic mass is 10.0. The van der Waals surface area contributed by atoms with E-state index < -0.39 is 68.8 Å². The highest BCUT2D eigenvalue weighted by Crippen LogP contribution is 2.42. The van der Waals surface area contributed by atoms with E-state index in [2.05, 4.69) is 10.1 Å². The summed E-state index contributed by atoms with van der Waals surface area (Å²) in [6.07, 6.45) is -9.85. The number of alkyl halides is 6. The minimum absolute atomic E-state index is 0.536. The normalized spacial score (nSPS) is 12.4. The van der Waals surface area contributed by atoms with Gasteiger partial charge in [0.05, 0.1) is 5.56 Å². The number of nitrogens with zero attached hydrogens (tertiary/aromatic N) is 3. The lowest BCUT2D eigenvalue weighted by molar-refractivity contribution is -0.141. The van der Waals surface area contributed by atoms with Crippen LogP contribution in [0.25, 0.3) is 11.3 Å². The third-order valence-corrected chi connectivity index (χ3v) is 4.50. The molecular weight excluding hydrogens is 462 g/mol. The van der Waals surface area contributed by atoms with Crippen molar-refractivity contribution in [1.29, 1.82) is 0 Å². The van der Waals surface area contributed by atoms with Gasteiger partial charge in [0.25, 0.3) is 5.88 Å². The van der Waals surface area contributed by atoms with Crippen LogP contribution >= 0.6 is 11.6 Å². The zero-order valence-electron chi connectivity index (χ0n) is 15.5. The van der Waals surface area contributed by atoms with E-state index in [9.17, 15) is 35.1 Å². The maximum absolute atomic E-state index is 14.6. The molecule has 3 rings (SSSR count). The van der Waals surface area contributed by atoms with Gasteiger partial charge in [-0.15, -0.1) is 0 Å². The summed E-state index contributed by atoms with van der Waals surface area (Å²) in [5.41, 5.74) is -5.17. The second kappa shape index (κ2) is 7.66. The molecule has 0 spiro atoms. The van der Waals surface area contributed by atoms with Gasteiger partial charge in [-0.05, 0) is 13.0 Å². The summed E-state index contributed by atoms with van der Waals surface area (Å²) in [6, 6.07) is 3.82. The number of hydrogen-bond acceptors (Lipinski definition) is 3. The molecule has 13 heteroatoms. The van der Waals surface area contributed by atoms with Gasteiger partial charge in [0.15, 0.2) is 17.3 Å². The molecule has 0 atom stereocenters. The molecule has 0 radical (unpaired) electrons. The average molecular weight is 472 g/mol. The molecule has 0 aliphatic heterocycles. The molecule has 0 aliphatic rings. The van der Waals surface area contributed by atoms with Gasteiger partial charge in [-0.3, -0.25) is 0 Å². The fourth-order valence-corrected chi connectivity index (χ4v) is 2.99. The van der Waals surface area contributed by atoms with Gasteiger partial charge in [-0.1, -0.05) is 29.8 Å². The smallest absolute Gasteiger partial charge is 0.416 e. The van der Waals surface area contributed by atoms with E-state index >= 15 is 0 Å². The zero-order valence-corrected chi connectivity index (χ0v) is 16.2. The highest BCUT2D eigenvalue weighted by Gasteiger charge is 2.40. The predicted molar refractivity (Wildman–Crippen MR) is 92.6 cm³/mol. The zero-order chi connectivity index (χ0) is 23.3. The van der Waals surface area contributed by atoms with Gasteiger partial charge in [-0.25, -0.2) is 18.4 Å². The van der Waals surface area contributed by atoms with Crippen LogP contribution in [0, 0.1) is 18.6 Å². The van der Waals surface area contributed by atoms with Crippen LogP contribution in [0.3, 0.4) is 0 Å². The van der Waals surface area contributed by atoms with Crippen molar-refractivity contribution in [3.05, 3.63) is 57.7 Å². The first kappa shape index (κ1) is 22.8. The quantitative estimate of drug-likeness (QED) is 0.407. The topological polar surface area (TPSA) is 39.9 Å². The number of aromatic nitrogens is 3. The Kier molecular flexibility index (Phi) is 5.63. The van der Waals surface area contributed by atoms with Crippen molar-refractivity contribution in [1.82, 2.24) is 14.8 Å². The SMILES string of the molecule is Cc1c(F)c(Oc2c(Cl)c(C(F)(F)F)nn2C)nc(-c2ccccc2C(F)(F)F)c1F. The van der Waals surface area contributed by atoms with Crippen LogP contribution in [-0.2, 0) is 19.4 Å². The van der Waals surface area contributed by atoms with Crippen molar-refractivity contribution < 1.29 is 39.9 Å². The van der Waals surface area contributed by atoms with Crippen LogP contribution in [0.15, 0.2) is 24.3 Å². The molecule has 1 aromatic carbocycles. The Balaban J connectivity index is 2.19. The molecule has 0 aliphatic carbocycles. The van der Waals surface area contributed by atoms with Crippen molar-refractivity contribution >= 4 is 11.6 Å². The van der Waals surface area contributed by atoms with Crippen LogP contribution in [0.2, 0.25) is 5.02 Å². The van der Waals surface area contributed by atoms with Gasteiger partial charge in [-0.2, -0.15) is 31.4 Å². The van der Waals surface area contributed by atoms with Crippen LogP contribution in [0.1, 0.15) is 16.8 Å². The molecule has 2 heterocycles. The molecular formula is C18H10ClF8N3O. The van der Waals surface area contributed by atoms with Crippen molar-refractivity contribution in [3.63, 3.8) is 0 Å². The Labute approximate surface area is 174 Å². The molecule has 0 amide bonds. The number of rotatable bonds is 3. The summed E-state index contributed by atoms with van der Waals surface area (Å²) < 4.78 is 114. The standard InChI is InChI=1S/C18H10ClF8N3O/c1-7-11(20)13(8-5-3-4-6-9(8)17(22,23)24)28-15(12(7)21)31-16-10(19)14(18(25,26)27)29-30(16)2/h3-6H,1-2H3. The van der Waals surface area contributed by atoms with Gasteiger partial charge in [0.1, 0.15) is 10.7 Å². The first-order valence-corrected chi connectivity index (χ1v) is 8.61. The third-order valence-electron chi connectivity index (χ3n) is 4.16. The maximum Gasteiger partial charge on any atom is 0.436 e. The van der Waals surface area contributed by atoms with E-state index in [-0.39, 0.29) is 0 Å². The van der Waals surface area contributed by atoms with E-state index in [4.69, 9.17) is 16.3 Å². The van der Waals surface area contributed by atoms with Crippen molar-refractivity contribution in [3.8, 4) is 23.0 Å². The number of pyridine rings is 1. The lowest BCUT2D eigenvalue weighted by Gasteiger charge is -2.15. The molecule has 166 valence electrons. The molecule has 0 unspecified atom stereocenters. The Morgan fingerprint density at radius 3 is 2.13 bits per heavy atom. The number of aryl methyl sites for hydroxylation is 1. The predicted octanol–water partition coefficient (Wildman–Crippen LogP) is 6.55. The van der Waals surface area contributed by atoms with E-state index in [1.807, 2.05) is 0 Å². The fraction of sp³-hybridized carbons (Fsp3) is 0.222. The highest BCUT2D eigenvalue weighted by atomic mass is 35.5. The molecule has 4 nitrogen and oxygen atoms in total. The summed E-state index contributed by atoms with van der Waals surface area (Å²) in [5.74, 6) is -4.70. The van der Waals surface area contributed by atoms with Crippen LogP contribution in [-0.4, -0.2) is 14.8 Å². The monoisotopic (exact) mass is 471 g/mol. The van der Waals surface area contributed by atoms with Crippen molar-refractivity contribution in [2.24, 2.45) is 7.05 Å². The molecule has 3 aromatic rings. The molecule has 31 heavy (non-hydrogen) atoms. The highest BCUT2D eigenvalue weighted by molar-refractivity contribution is 6.32. The fourth-order valence-electron chi connectivity index (χ4n) is 2.68. The van der Waals surface area contributed by atoms with Crippen LogP contribution in [0.5, 0.6) is 11.8 Å². The number of benzene rings is 1. The van der Waals surface area contributed by atoms with Gasteiger partial charge in [0, 0.05) is 18.2 Å². The van der Waals surface area contributed by atoms with E-state index in [1.54, 1.807) is 0 Å². The summed E-state index contributed by atoms with van der Waals surface area (Å²) in [5, 5.41) is 2.10. The van der Waals surface area contributed by atoms with Crippen molar-refractivity contribution in [2.75, 3.05) is 0 Å². The van der Waals surface area contributed by atoms with Crippen molar-refractivity contribution in [2.45, 2.75) is 19.3 Å². The van der Waals surface area contributed by atoms with Gasteiger partial charge in [0.2, 0.25) is 5.88 Å². The molecule has 0 saturated carbocycles. The summed E-state index contributed by atoms with van der Waals surface area (Å²) >= 11 is 5.63. The molecule has 0 bridgehead atoms. The van der Waals surface area contributed by atoms with E-state index in [0.29, 0.717) is 10.7 Å². The molecule has 0 fully saturated rings. The van der Waals surface area contributed by atoms with E-state index in [1.165, 1.54) is 6.07 Å². The van der Waals surface area contributed by atoms with E-state index in [0.717, 1.165) is 26.1 Å². The molecule has 0 N–H and O–H groups in total. The minimum Gasteiger partial charge on any atom is -0.416 e. The van der Waals surface area contributed by atoms with Crippen LogP contribution in [0.4, 0.5) is 35.1 Å². The summed E-state index contributed by atoms with van der Waals surface area (Å²) in [7, 11) is 1.00. The Bertz CT molecular complexity index is 1150. The Morgan fingerprint density at radius 1 is 0.968 bits per heavy atom. The first-order chi connectivity index (χ1) is 14.2. The number of hydrogen-bond donors (Lipinski definition) is 0. The minimum atomic E-state index is -4.96. The number of ether oxygens (including phenoxy) is 1. The van der Waals surface area contributed by atoms with Gasteiger partial charge < -0.3 is 4.74 Å². The third kappa shape index (κ3) is 4.16. The second-order valence-corrected chi connectivity index (χ2v) is 6.63. The second-order valence-electron chi connectivity index (χ2n) is 6.25. The largest absolute Gasteiger partial charge is 0.436 e. The maximum atomic E-state index is 14.6. The Hall–Kier alpha value is -2.89. The summed E-state index contributed by atoms with van der Waals surface area (Å²) in [4.78, 5) is 3.47. The average Bonchev–Trinajstić information content (AvgIpc) is 2.96. The number of halogens is 9. The first-order valence-electron chi connectivity index (χ1n) is 8.23.